The van der Waals surface area contributed by atoms with E-state index in [9.17, 15) is 18.0 Å². The molecule has 0 spiro atoms. The second-order valence-electron chi connectivity index (χ2n) is 3.95. The highest BCUT2D eigenvalue weighted by Crippen LogP contribution is 2.42. The van der Waals surface area contributed by atoms with Crippen LogP contribution in [0.15, 0.2) is 4.99 Å². The molecule has 0 aromatic carbocycles. The molecular weight excluding hydrogens is 207 g/mol. The molecular formula is C10H14F3NO. The number of nitrogens with zero attached hydrogens (tertiary/aromatic N) is 1. The summed E-state index contributed by atoms with van der Waals surface area (Å²) in [6, 6.07) is 0. The average Bonchev–Trinajstić information content (AvgIpc) is 2.17. The molecule has 86 valence electrons. The van der Waals surface area contributed by atoms with Crippen LogP contribution in [0.2, 0.25) is 0 Å². The SMILES string of the molecule is O=C=NCCC1CCCCC1C(F)(F)F. The minimum absolute atomic E-state index is 0.167. The first-order valence-electron chi connectivity index (χ1n) is 5.16. The van der Waals surface area contributed by atoms with E-state index >= 15 is 0 Å². The van der Waals surface area contributed by atoms with Gasteiger partial charge in [0.15, 0.2) is 0 Å². The molecule has 0 bridgehead atoms. The summed E-state index contributed by atoms with van der Waals surface area (Å²) >= 11 is 0. The van der Waals surface area contributed by atoms with Crippen molar-refractivity contribution in [2.75, 3.05) is 6.54 Å². The quantitative estimate of drug-likeness (QED) is 0.532. The van der Waals surface area contributed by atoms with E-state index in [0.29, 0.717) is 19.3 Å². The van der Waals surface area contributed by atoms with Gasteiger partial charge >= 0.3 is 6.18 Å². The molecule has 2 unspecified atom stereocenters. The molecule has 2 atom stereocenters. The van der Waals surface area contributed by atoms with Crippen LogP contribution in [-0.2, 0) is 4.79 Å². The summed E-state index contributed by atoms with van der Waals surface area (Å²) in [6.45, 7) is 0.167. The monoisotopic (exact) mass is 221 g/mol. The van der Waals surface area contributed by atoms with E-state index in [2.05, 4.69) is 4.99 Å². The second kappa shape index (κ2) is 5.31. The fourth-order valence-electron chi connectivity index (χ4n) is 2.26. The summed E-state index contributed by atoms with van der Waals surface area (Å²) in [5.41, 5.74) is 0. The Morgan fingerprint density at radius 1 is 1.27 bits per heavy atom. The van der Waals surface area contributed by atoms with Crippen LogP contribution in [0, 0.1) is 11.8 Å². The predicted octanol–water partition coefficient (Wildman–Crippen LogP) is 3.08. The Balaban J connectivity index is 2.53. The number of alkyl halides is 3. The number of isocyanates is 1. The highest BCUT2D eigenvalue weighted by atomic mass is 19.4. The molecule has 1 rings (SSSR count). The van der Waals surface area contributed by atoms with Crippen LogP contribution in [0.3, 0.4) is 0 Å². The molecule has 0 aromatic heterocycles. The third-order valence-electron chi connectivity index (χ3n) is 3.01. The first-order chi connectivity index (χ1) is 7.05. The smallest absolute Gasteiger partial charge is 0.211 e. The Kier molecular flexibility index (Phi) is 4.33. The molecule has 0 amide bonds. The van der Waals surface area contributed by atoms with Gasteiger partial charge in [0.1, 0.15) is 0 Å². The maximum Gasteiger partial charge on any atom is 0.392 e. The molecule has 1 saturated carbocycles. The minimum atomic E-state index is -4.10. The van der Waals surface area contributed by atoms with Crippen LogP contribution < -0.4 is 0 Å². The van der Waals surface area contributed by atoms with Crippen molar-refractivity contribution in [3.63, 3.8) is 0 Å². The lowest BCUT2D eigenvalue weighted by Crippen LogP contribution is -2.33. The largest absolute Gasteiger partial charge is 0.392 e. The molecule has 2 nitrogen and oxygen atoms in total. The first kappa shape index (κ1) is 12.2. The van der Waals surface area contributed by atoms with Crippen molar-refractivity contribution in [2.45, 2.75) is 38.3 Å². The van der Waals surface area contributed by atoms with Gasteiger partial charge in [0.05, 0.1) is 12.5 Å². The second-order valence-corrected chi connectivity index (χ2v) is 3.95. The van der Waals surface area contributed by atoms with E-state index in [-0.39, 0.29) is 18.9 Å². The Bertz CT molecular complexity index is 246. The summed E-state index contributed by atoms with van der Waals surface area (Å²) in [6.07, 6.45) is -0.0833. The number of hydrogen-bond acceptors (Lipinski definition) is 2. The fraction of sp³-hybridized carbons (Fsp3) is 0.900. The van der Waals surface area contributed by atoms with Crippen LogP contribution in [-0.4, -0.2) is 18.8 Å². The summed E-state index contributed by atoms with van der Waals surface area (Å²) in [7, 11) is 0. The molecule has 0 radical (unpaired) electrons. The Morgan fingerprint density at radius 2 is 1.93 bits per heavy atom. The molecule has 5 heteroatoms. The molecule has 0 aliphatic heterocycles. The predicted molar refractivity (Wildman–Crippen MR) is 49.1 cm³/mol. The molecule has 15 heavy (non-hydrogen) atoms. The van der Waals surface area contributed by atoms with Crippen molar-refractivity contribution in [3.05, 3.63) is 0 Å². The minimum Gasteiger partial charge on any atom is -0.211 e. The number of carbonyl (C=O) groups excluding carboxylic acids is 1. The summed E-state index contributed by atoms with van der Waals surface area (Å²) in [5.74, 6) is -1.57. The van der Waals surface area contributed by atoms with Gasteiger partial charge in [-0.3, -0.25) is 0 Å². The van der Waals surface area contributed by atoms with Crippen molar-refractivity contribution in [1.82, 2.24) is 0 Å². The highest BCUT2D eigenvalue weighted by Gasteiger charge is 2.44. The van der Waals surface area contributed by atoms with E-state index in [4.69, 9.17) is 0 Å². The fourth-order valence-corrected chi connectivity index (χ4v) is 2.26. The lowest BCUT2D eigenvalue weighted by molar-refractivity contribution is -0.196. The van der Waals surface area contributed by atoms with E-state index in [0.717, 1.165) is 6.42 Å². The lowest BCUT2D eigenvalue weighted by Gasteiger charge is -2.32. The van der Waals surface area contributed by atoms with Gasteiger partial charge in [-0.05, 0) is 25.2 Å². The maximum absolute atomic E-state index is 12.6. The molecule has 0 saturated heterocycles. The van der Waals surface area contributed by atoms with Crippen molar-refractivity contribution >= 4 is 6.08 Å². The normalized spacial score (nSPS) is 27.1. The van der Waals surface area contributed by atoms with E-state index < -0.39 is 12.1 Å². The molecule has 0 aromatic rings. The van der Waals surface area contributed by atoms with Gasteiger partial charge < -0.3 is 0 Å². The highest BCUT2D eigenvalue weighted by molar-refractivity contribution is 5.32. The molecule has 0 N–H and O–H groups in total. The summed E-state index contributed by atoms with van der Waals surface area (Å²) < 4.78 is 37.8. The van der Waals surface area contributed by atoms with Crippen molar-refractivity contribution < 1.29 is 18.0 Å². The van der Waals surface area contributed by atoms with E-state index in [1.165, 1.54) is 6.08 Å². The van der Waals surface area contributed by atoms with Crippen molar-refractivity contribution in [2.24, 2.45) is 16.8 Å². The van der Waals surface area contributed by atoms with Gasteiger partial charge in [-0.1, -0.05) is 12.8 Å². The average molecular weight is 221 g/mol. The number of halogens is 3. The molecule has 1 fully saturated rings. The Labute approximate surface area is 86.6 Å². The topological polar surface area (TPSA) is 29.4 Å². The van der Waals surface area contributed by atoms with Crippen LogP contribution in [0.1, 0.15) is 32.1 Å². The zero-order valence-corrected chi connectivity index (χ0v) is 8.39. The maximum atomic E-state index is 12.6. The van der Waals surface area contributed by atoms with Gasteiger partial charge in [0, 0.05) is 0 Å². The van der Waals surface area contributed by atoms with Crippen LogP contribution in [0.4, 0.5) is 13.2 Å². The molecule has 1 aliphatic rings. The molecule has 1 aliphatic carbocycles. The summed E-state index contributed by atoms with van der Waals surface area (Å²) in [5, 5.41) is 0. The lowest BCUT2D eigenvalue weighted by atomic mass is 9.77. The zero-order chi connectivity index (χ0) is 11.3. The number of hydrogen-bond donors (Lipinski definition) is 0. The Morgan fingerprint density at radius 3 is 2.53 bits per heavy atom. The van der Waals surface area contributed by atoms with Crippen molar-refractivity contribution in [1.29, 1.82) is 0 Å². The van der Waals surface area contributed by atoms with Gasteiger partial charge in [0.25, 0.3) is 0 Å². The summed E-state index contributed by atoms with van der Waals surface area (Å²) in [4.78, 5) is 13.1. The van der Waals surface area contributed by atoms with Gasteiger partial charge in [-0.2, -0.15) is 13.2 Å². The number of rotatable bonds is 3. The van der Waals surface area contributed by atoms with Crippen LogP contribution in [0.25, 0.3) is 0 Å². The standard InChI is InChI=1S/C10H14F3NO/c11-10(12,13)9-4-2-1-3-8(9)5-6-14-7-15/h8-9H,1-6H2. The molecule has 0 heterocycles. The zero-order valence-electron chi connectivity index (χ0n) is 8.39. The van der Waals surface area contributed by atoms with Gasteiger partial charge in [0.2, 0.25) is 6.08 Å². The number of aliphatic imine (C=N–C) groups is 1. The Hall–Kier alpha value is -0.830. The first-order valence-corrected chi connectivity index (χ1v) is 5.16. The third-order valence-corrected chi connectivity index (χ3v) is 3.01. The van der Waals surface area contributed by atoms with Crippen LogP contribution in [0.5, 0.6) is 0 Å². The van der Waals surface area contributed by atoms with Gasteiger partial charge in [-0.15, -0.1) is 0 Å². The van der Waals surface area contributed by atoms with Crippen LogP contribution >= 0.6 is 0 Å². The van der Waals surface area contributed by atoms with Crippen molar-refractivity contribution in [3.8, 4) is 0 Å². The van der Waals surface area contributed by atoms with Gasteiger partial charge in [-0.25, -0.2) is 9.79 Å². The van der Waals surface area contributed by atoms with E-state index in [1.54, 1.807) is 0 Å². The third kappa shape index (κ3) is 3.67. The van der Waals surface area contributed by atoms with E-state index in [1.807, 2.05) is 0 Å².